The van der Waals surface area contributed by atoms with Crippen LogP contribution in [0.2, 0.25) is 0 Å². The van der Waals surface area contributed by atoms with E-state index in [0.717, 1.165) is 25.3 Å². The van der Waals surface area contributed by atoms with E-state index >= 15 is 0 Å². The molecular weight excluding hydrogens is 489 g/mol. The van der Waals surface area contributed by atoms with Crippen molar-refractivity contribution in [3.63, 3.8) is 0 Å². The van der Waals surface area contributed by atoms with E-state index in [0.29, 0.717) is 38.0 Å². The number of nitrogens with one attached hydrogen (secondary N) is 2. The van der Waals surface area contributed by atoms with Gasteiger partial charge in [0.15, 0.2) is 5.96 Å². The van der Waals surface area contributed by atoms with Crippen molar-refractivity contribution in [3.8, 4) is 0 Å². The molecule has 162 valence electrons. The lowest BCUT2D eigenvalue weighted by molar-refractivity contribution is 0.0992. The third-order valence-electron chi connectivity index (χ3n) is 5.67. The molecule has 0 spiro atoms. The molecular formula is C24H32IN3O2. The Morgan fingerprint density at radius 3 is 2.50 bits per heavy atom. The molecule has 2 aromatic rings. The number of nitrogens with zero attached hydrogens (tertiary/aromatic N) is 1. The quantitative estimate of drug-likeness (QED) is 0.307. The number of ether oxygens (including phenoxy) is 2. The Labute approximate surface area is 196 Å². The average molecular weight is 521 g/mol. The summed E-state index contributed by atoms with van der Waals surface area (Å²) in [5, 5.41) is 6.96. The maximum absolute atomic E-state index is 5.96. The van der Waals surface area contributed by atoms with Gasteiger partial charge in [-0.1, -0.05) is 54.6 Å². The monoisotopic (exact) mass is 521 g/mol. The van der Waals surface area contributed by atoms with Crippen molar-refractivity contribution in [2.75, 3.05) is 6.54 Å². The number of hydrogen-bond donors (Lipinski definition) is 2. The van der Waals surface area contributed by atoms with Crippen molar-refractivity contribution in [2.45, 2.75) is 64.2 Å². The van der Waals surface area contributed by atoms with Gasteiger partial charge in [-0.3, -0.25) is 0 Å². The van der Waals surface area contributed by atoms with Crippen LogP contribution in [-0.2, 0) is 29.2 Å². The minimum Gasteiger partial charge on any atom is -0.373 e. The number of fused-ring (bicyclic) bond motifs is 2. The topological polar surface area (TPSA) is 54.9 Å². The number of rotatable bonds is 8. The van der Waals surface area contributed by atoms with Gasteiger partial charge in [-0.25, -0.2) is 4.99 Å². The van der Waals surface area contributed by atoms with Crippen LogP contribution in [0.3, 0.4) is 0 Å². The van der Waals surface area contributed by atoms with Crippen LogP contribution in [-0.4, -0.2) is 30.8 Å². The Bertz CT molecular complexity index is 815. The van der Waals surface area contributed by atoms with E-state index in [1.54, 1.807) is 0 Å². The lowest BCUT2D eigenvalue weighted by atomic mass is 9.96. The summed E-state index contributed by atoms with van der Waals surface area (Å²) < 4.78 is 11.9. The second-order valence-electron chi connectivity index (χ2n) is 7.80. The fourth-order valence-electron chi connectivity index (χ4n) is 4.16. The molecule has 0 radical (unpaired) electrons. The van der Waals surface area contributed by atoms with Crippen molar-refractivity contribution in [3.05, 3.63) is 71.3 Å². The molecule has 0 aromatic heterocycles. The maximum atomic E-state index is 5.96. The van der Waals surface area contributed by atoms with Crippen LogP contribution in [0, 0.1) is 0 Å². The summed E-state index contributed by atoms with van der Waals surface area (Å²) in [7, 11) is 0. The first-order valence-corrected chi connectivity index (χ1v) is 10.7. The zero-order valence-corrected chi connectivity index (χ0v) is 19.9. The highest BCUT2D eigenvalue weighted by Crippen LogP contribution is 2.34. The fourth-order valence-corrected chi connectivity index (χ4v) is 4.16. The van der Waals surface area contributed by atoms with Crippen molar-refractivity contribution in [2.24, 2.45) is 4.99 Å². The highest BCUT2D eigenvalue weighted by Gasteiger charge is 2.41. The summed E-state index contributed by atoms with van der Waals surface area (Å²) in [4.78, 5) is 4.84. The first kappa shape index (κ1) is 23.0. The van der Waals surface area contributed by atoms with Crippen molar-refractivity contribution in [1.29, 1.82) is 0 Å². The van der Waals surface area contributed by atoms with Crippen LogP contribution >= 0.6 is 24.0 Å². The summed E-state index contributed by atoms with van der Waals surface area (Å²) in [6, 6.07) is 19.0. The molecule has 2 N–H and O–H groups in total. The minimum absolute atomic E-state index is 0. The van der Waals surface area contributed by atoms with E-state index in [-0.39, 0.29) is 24.0 Å². The fraction of sp³-hybridized carbons (Fsp3) is 0.458. The molecule has 2 fully saturated rings. The maximum Gasteiger partial charge on any atom is 0.191 e. The molecule has 2 heterocycles. The predicted octanol–water partition coefficient (Wildman–Crippen LogP) is 4.40. The molecule has 6 heteroatoms. The van der Waals surface area contributed by atoms with Gasteiger partial charge >= 0.3 is 0 Å². The predicted molar refractivity (Wildman–Crippen MR) is 131 cm³/mol. The number of benzene rings is 2. The Morgan fingerprint density at radius 2 is 1.80 bits per heavy atom. The second-order valence-corrected chi connectivity index (χ2v) is 7.80. The highest BCUT2D eigenvalue weighted by atomic mass is 127. The van der Waals surface area contributed by atoms with Crippen LogP contribution in [0.1, 0.15) is 42.9 Å². The van der Waals surface area contributed by atoms with Gasteiger partial charge in [0, 0.05) is 6.54 Å². The third-order valence-corrected chi connectivity index (χ3v) is 5.67. The zero-order chi connectivity index (χ0) is 19.9. The molecule has 2 aliphatic rings. The van der Waals surface area contributed by atoms with Crippen molar-refractivity contribution < 1.29 is 9.47 Å². The smallest absolute Gasteiger partial charge is 0.191 e. The number of hydrogen-bond acceptors (Lipinski definition) is 3. The van der Waals surface area contributed by atoms with Crippen LogP contribution in [0.15, 0.2) is 59.6 Å². The van der Waals surface area contributed by atoms with Gasteiger partial charge in [-0.2, -0.15) is 0 Å². The largest absolute Gasteiger partial charge is 0.373 e. The van der Waals surface area contributed by atoms with Crippen LogP contribution in [0.5, 0.6) is 0 Å². The molecule has 2 aromatic carbocycles. The SMILES string of the molecule is CCNC(=NCc1ccccc1COCc1ccccc1)NC1CC2CCC1O2.I. The van der Waals surface area contributed by atoms with E-state index in [1.807, 2.05) is 18.2 Å². The Morgan fingerprint density at radius 1 is 1.03 bits per heavy atom. The van der Waals surface area contributed by atoms with Crippen LogP contribution < -0.4 is 10.6 Å². The van der Waals surface area contributed by atoms with Gasteiger partial charge in [-0.05, 0) is 42.9 Å². The Hall–Kier alpha value is -1.64. The standard InChI is InChI=1S/C24H31N3O2.HI/c1-2-25-24(27-22-14-21-12-13-23(22)29-21)26-15-19-10-6-7-11-20(19)17-28-16-18-8-4-3-5-9-18;/h3-11,21-23H,2,12-17H2,1H3,(H2,25,26,27);1H. The van der Waals surface area contributed by atoms with E-state index in [1.165, 1.54) is 23.1 Å². The number of aliphatic imine (C=N–C) groups is 1. The van der Waals surface area contributed by atoms with Crippen molar-refractivity contribution >= 4 is 29.9 Å². The molecule has 5 nitrogen and oxygen atoms in total. The third kappa shape index (κ3) is 6.18. The lowest BCUT2D eigenvalue weighted by Crippen LogP contribution is -2.47. The molecule has 0 aliphatic carbocycles. The summed E-state index contributed by atoms with van der Waals surface area (Å²) in [6.07, 6.45) is 4.21. The second kappa shape index (κ2) is 11.7. The van der Waals surface area contributed by atoms with E-state index in [4.69, 9.17) is 14.5 Å². The van der Waals surface area contributed by atoms with Crippen LogP contribution in [0.4, 0.5) is 0 Å². The van der Waals surface area contributed by atoms with Gasteiger partial charge in [-0.15, -0.1) is 24.0 Å². The van der Waals surface area contributed by atoms with Gasteiger partial charge in [0.1, 0.15) is 0 Å². The van der Waals surface area contributed by atoms with Gasteiger partial charge in [0.2, 0.25) is 0 Å². The first-order valence-electron chi connectivity index (χ1n) is 10.7. The summed E-state index contributed by atoms with van der Waals surface area (Å²) in [5.74, 6) is 0.869. The van der Waals surface area contributed by atoms with Crippen LogP contribution in [0.25, 0.3) is 0 Å². The number of halogens is 1. The molecule has 2 aliphatic heterocycles. The summed E-state index contributed by atoms with van der Waals surface area (Å²) in [6.45, 7) is 4.77. The Kier molecular flexibility index (Phi) is 8.96. The zero-order valence-electron chi connectivity index (χ0n) is 17.5. The average Bonchev–Trinajstić information content (AvgIpc) is 3.37. The molecule has 0 saturated carbocycles. The summed E-state index contributed by atoms with van der Waals surface area (Å²) >= 11 is 0. The molecule has 3 atom stereocenters. The molecule has 2 saturated heterocycles. The number of guanidine groups is 1. The van der Waals surface area contributed by atoms with Gasteiger partial charge in [0.25, 0.3) is 0 Å². The van der Waals surface area contributed by atoms with E-state index in [2.05, 4.69) is 54.0 Å². The molecule has 2 bridgehead atoms. The highest BCUT2D eigenvalue weighted by molar-refractivity contribution is 14.0. The van der Waals surface area contributed by atoms with Gasteiger partial charge < -0.3 is 20.1 Å². The normalized spacial score (nSPS) is 22.6. The van der Waals surface area contributed by atoms with E-state index in [9.17, 15) is 0 Å². The first-order chi connectivity index (χ1) is 14.3. The summed E-state index contributed by atoms with van der Waals surface area (Å²) in [5.41, 5.74) is 3.57. The molecule has 0 amide bonds. The molecule has 4 rings (SSSR count). The van der Waals surface area contributed by atoms with Crippen molar-refractivity contribution in [1.82, 2.24) is 10.6 Å². The molecule has 3 unspecified atom stereocenters. The Balaban J connectivity index is 0.00000256. The molecule has 30 heavy (non-hydrogen) atoms. The lowest BCUT2D eigenvalue weighted by Gasteiger charge is -2.22. The van der Waals surface area contributed by atoms with Gasteiger partial charge in [0.05, 0.1) is 38.0 Å². The minimum atomic E-state index is 0. The van der Waals surface area contributed by atoms with E-state index < -0.39 is 0 Å².